The number of nitrogens with one attached hydrogen (secondary N) is 1. The molecule has 8 heteroatoms. The highest BCUT2D eigenvalue weighted by Crippen LogP contribution is 2.31. The van der Waals surface area contributed by atoms with E-state index in [0.717, 1.165) is 0 Å². The van der Waals surface area contributed by atoms with E-state index in [1.54, 1.807) is 13.8 Å². The van der Waals surface area contributed by atoms with E-state index >= 15 is 0 Å². The molecule has 0 spiro atoms. The topological polar surface area (TPSA) is 75.6 Å². The van der Waals surface area contributed by atoms with E-state index in [-0.39, 0.29) is 18.0 Å². The van der Waals surface area contributed by atoms with Crippen molar-refractivity contribution in [3.05, 3.63) is 14.7 Å². The molecule has 2 N–H and O–H groups in total. The molecule has 0 aliphatic carbocycles. The summed E-state index contributed by atoms with van der Waals surface area (Å²) < 4.78 is 32.3. The molecule has 0 atom stereocenters. The maximum absolute atomic E-state index is 12.1. The summed E-state index contributed by atoms with van der Waals surface area (Å²) in [5.41, 5.74) is -0.574. The van der Waals surface area contributed by atoms with Crippen LogP contribution in [0.2, 0.25) is 0 Å². The van der Waals surface area contributed by atoms with Gasteiger partial charge in [0.2, 0.25) is 10.0 Å². The van der Waals surface area contributed by atoms with Crippen molar-refractivity contribution in [1.29, 1.82) is 0 Å². The number of sulfonamides is 1. The fraction of sp³-hybridized carbons (Fsp3) is 0.600. The molecule has 1 aromatic heterocycles. The lowest BCUT2D eigenvalue weighted by Gasteiger charge is -2.22. The first kappa shape index (κ1) is 16.1. The number of rotatable bonds is 6. The fourth-order valence-electron chi connectivity index (χ4n) is 1.08. The standard InChI is InChI=1S/C10H16BrNO4S2/c1-10(2,16-3)6-12-18(14,15)8-4-7(5-13)17-9(8)11/h4,12-13H,5-6H2,1-3H3. The van der Waals surface area contributed by atoms with Crippen molar-refractivity contribution in [2.75, 3.05) is 13.7 Å². The van der Waals surface area contributed by atoms with Gasteiger partial charge in [0.05, 0.1) is 16.0 Å². The van der Waals surface area contributed by atoms with E-state index < -0.39 is 15.6 Å². The number of thiophene rings is 1. The smallest absolute Gasteiger partial charge is 0.242 e. The fourth-order valence-corrected chi connectivity index (χ4v) is 4.82. The highest BCUT2D eigenvalue weighted by molar-refractivity contribution is 9.11. The van der Waals surface area contributed by atoms with E-state index in [1.807, 2.05) is 0 Å². The molecule has 0 fully saturated rings. The molecule has 0 radical (unpaired) electrons. The Balaban J connectivity index is 2.90. The Morgan fingerprint density at radius 2 is 2.17 bits per heavy atom. The van der Waals surface area contributed by atoms with Crippen molar-refractivity contribution in [3.63, 3.8) is 0 Å². The Bertz CT molecular complexity index is 510. The summed E-state index contributed by atoms with van der Waals surface area (Å²) in [6.45, 7) is 3.57. The number of halogens is 1. The summed E-state index contributed by atoms with van der Waals surface area (Å²) >= 11 is 4.38. The van der Waals surface area contributed by atoms with Gasteiger partial charge in [-0.15, -0.1) is 11.3 Å². The zero-order chi connectivity index (χ0) is 14.0. The molecular formula is C10H16BrNO4S2. The molecule has 0 aromatic carbocycles. The lowest BCUT2D eigenvalue weighted by Crippen LogP contribution is -2.39. The molecule has 1 aromatic rings. The van der Waals surface area contributed by atoms with Crippen LogP contribution in [0.25, 0.3) is 0 Å². The van der Waals surface area contributed by atoms with Crippen LogP contribution in [0, 0.1) is 0 Å². The van der Waals surface area contributed by atoms with Crippen molar-refractivity contribution in [3.8, 4) is 0 Å². The second-order valence-electron chi connectivity index (χ2n) is 4.30. The van der Waals surface area contributed by atoms with Crippen LogP contribution in [0.5, 0.6) is 0 Å². The van der Waals surface area contributed by atoms with Gasteiger partial charge in [0, 0.05) is 18.5 Å². The molecule has 0 amide bonds. The summed E-state index contributed by atoms with van der Waals surface area (Å²) in [5, 5.41) is 8.99. The minimum atomic E-state index is -3.60. The van der Waals surface area contributed by atoms with Gasteiger partial charge in [0.25, 0.3) is 0 Å². The summed E-state index contributed by atoms with van der Waals surface area (Å²) in [6.07, 6.45) is 0. The van der Waals surface area contributed by atoms with Crippen molar-refractivity contribution < 1.29 is 18.3 Å². The highest BCUT2D eigenvalue weighted by atomic mass is 79.9. The molecule has 0 unspecified atom stereocenters. The van der Waals surface area contributed by atoms with Crippen LogP contribution < -0.4 is 4.72 Å². The lowest BCUT2D eigenvalue weighted by atomic mass is 10.1. The van der Waals surface area contributed by atoms with Gasteiger partial charge >= 0.3 is 0 Å². The zero-order valence-corrected chi connectivity index (χ0v) is 13.6. The third-order valence-corrected chi connectivity index (χ3v) is 6.03. The van der Waals surface area contributed by atoms with E-state index in [9.17, 15) is 8.42 Å². The minimum absolute atomic E-state index is 0.142. The van der Waals surface area contributed by atoms with Crippen LogP contribution in [0.15, 0.2) is 14.7 Å². The molecule has 18 heavy (non-hydrogen) atoms. The summed E-state index contributed by atoms with van der Waals surface area (Å²) in [6, 6.07) is 1.46. The highest BCUT2D eigenvalue weighted by Gasteiger charge is 2.24. The Morgan fingerprint density at radius 3 is 2.61 bits per heavy atom. The second kappa shape index (κ2) is 5.98. The molecule has 104 valence electrons. The SMILES string of the molecule is COC(C)(C)CNS(=O)(=O)c1cc(CO)sc1Br. The first-order valence-electron chi connectivity index (χ1n) is 5.16. The van der Waals surface area contributed by atoms with Gasteiger partial charge in [-0.2, -0.15) is 0 Å². The van der Waals surface area contributed by atoms with Gasteiger partial charge in [-0.1, -0.05) is 0 Å². The largest absolute Gasteiger partial charge is 0.391 e. The number of hydrogen-bond acceptors (Lipinski definition) is 5. The van der Waals surface area contributed by atoms with E-state index in [0.29, 0.717) is 8.66 Å². The van der Waals surface area contributed by atoms with E-state index in [2.05, 4.69) is 20.7 Å². The molecule has 0 saturated heterocycles. The Morgan fingerprint density at radius 1 is 1.56 bits per heavy atom. The normalized spacial score (nSPS) is 12.9. The molecule has 5 nitrogen and oxygen atoms in total. The Kier molecular flexibility index (Phi) is 5.33. The molecule has 0 bridgehead atoms. The van der Waals surface area contributed by atoms with Gasteiger partial charge < -0.3 is 9.84 Å². The molecule has 0 saturated carbocycles. The van der Waals surface area contributed by atoms with Crippen molar-refractivity contribution >= 4 is 37.3 Å². The number of aliphatic hydroxyl groups is 1. The average Bonchev–Trinajstić information content (AvgIpc) is 2.69. The van der Waals surface area contributed by atoms with Crippen LogP contribution in [0.4, 0.5) is 0 Å². The van der Waals surface area contributed by atoms with E-state index in [4.69, 9.17) is 9.84 Å². The van der Waals surface area contributed by atoms with E-state index in [1.165, 1.54) is 24.5 Å². The van der Waals surface area contributed by atoms with Gasteiger partial charge in [0.1, 0.15) is 4.90 Å². The summed E-state index contributed by atoms with van der Waals surface area (Å²) in [5.74, 6) is 0. The Hall–Kier alpha value is 0.01000. The van der Waals surface area contributed by atoms with Crippen LogP contribution >= 0.6 is 27.3 Å². The third-order valence-electron chi connectivity index (χ3n) is 2.39. The predicted molar refractivity (Wildman–Crippen MR) is 74.2 cm³/mol. The van der Waals surface area contributed by atoms with Gasteiger partial charge in [0.15, 0.2) is 0 Å². The van der Waals surface area contributed by atoms with Crippen LogP contribution in [-0.4, -0.2) is 32.8 Å². The van der Waals surface area contributed by atoms with Crippen molar-refractivity contribution in [2.45, 2.75) is 31.0 Å². The maximum atomic E-state index is 12.1. The zero-order valence-electron chi connectivity index (χ0n) is 10.4. The maximum Gasteiger partial charge on any atom is 0.242 e. The molecule has 0 aliphatic rings. The predicted octanol–water partition coefficient (Wildman–Crippen LogP) is 1.71. The minimum Gasteiger partial charge on any atom is -0.391 e. The van der Waals surface area contributed by atoms with Crippen molar-refractivity contribution in [1.82, 2.24) is 4.72 Å². The van der Waals surface area contributed by atoms with Gasteiger partial charge in [-0.3, -0.25) is 0 Å². The number of hydrogen-bond donors (Lipinski definition) is 2. The molecule has 1 heterocycles. The second-order valence-corrected chi connectivity index (χ2v) is 8.49. The van der Waals surface area contributed by atoms with Crippen molar-refractivity contribution in [2.24, 2.45) is 0 Å². The van der Waals surface area contributed by atoms with Gasteiger partial charge in [-0.05, 0) is 35.8 Å². The van der Waals surface area contributed by atoms with Crippen LogP contribution in [-0.2, 0) is 21.4 Å². The van der Waals surface area contributed by atoms with Crippen LogP contribution in [0.1, 0.15) is 18.7 Å². The third kappa shape index (κ3) is 4.01. The summed E-state index contributed by atoms with van der Waals surface area (Å²) in [7, 11) is -2.07. The molecule has 0 aliphatic heterocycles. The first-order chi connectivity index (χ1) is 8.22. The number of methoxy groups -OCH3 is 1. The quantitative estimate of drug-likeness (QED) is 0.812. The lowest BCUT2D eigenvalue weighted by molar-refractivity contribution is 0.0276. The summed E-state index contributed by atoms with van der Waals surface area (Å²) in [4.78, 5) is 0.733. The monoisotopic (exact) mass is 357 g/mol. The van der Waals surface area contributed by atoms with Crippen LogP contribution in [0.3, 0.4) is 0 Å². The average molecular weight is 358 g/mol. The number of ether oxygens (including phenoxy) is 1. The molecular weight excluding hydrogens is 342 g/mol. The first-order valence-corrected chi connectivity index (χ1v) is 8.25. The number of aliphatic hydroxyl groups excluding tert-OH is 1. The van der Waals surface area contributed by atoms with Gasteiger partial charge in [-0.25, -0.2) is 13.1 Å². The Labute approximate surface area is 119 Å². The molecule has 1 rings (SSSR count).